The van der Waals surface area contributed by atoms with Crippen LogP contribution < -0.4 is 10.1 Å². The van der Waals surface area contributed by atoms with Gasteiger partial charge in [-0.3, -0.25) is 4.79 Å². The summed E-state index contributed by atoms with van der Waals surface area (Å²) in [7, 11) is 0. The summed E-state index contributed by atoms with van der Waals surface area (Å²) in [5, 5.41) is 13.7. The Morgan fingerprint density at radius 3 is 2.83 bits per heavy atom. The first-order chi connectivity index (χ1) is 17.4. The summed E-state index contributed by atoms with van der Waals surface area (Å²) < 4.78 is 25.2. The number of aryl methyl sites for hydroxylation is 1. The van der Waals surface area contributed by atoms with Crippen molar-refractivity contribution in [3.63, 3.8) is 0 Å². The maximum absolute atomic E-state index is 13.9. The minimum absolute atomic E-state index is 0.0130. The van der Waals surface area contributed by atoms with E-state index in [0.717, 1.165) is 6.42 Å². The van der Waals surface area contributed by atoms with Gasteiger partial charge in [0.2, 0.25) is 5.88 Å². The molecule has 0 bridgehead atoms. The monoisotopic (exact) mass is 510 g/mol. The molecule has 1 aliphatic rings. The number of nitrogens with zero attached hydrogens (tertiary/aromatic N) is 2. The maximum atomic E-state index is 13.9. The number of nitrogens with one attached hydrogen (secondary N) is 2. The number of rotatable bonds is 7. The van der Waals surface area contributed by atoms with Crippen LogP contribution in [0.25, 0.3) is 11.0 Å². The van der Waals surface area contributed by atoms with Gasteiger partial charge in [-0.2, -0.15) is 0 Å². The number of hydrogen-bond acceptors (Lipinski definition) is 7. The van der Waals surface area contributed by atoms with Crippen molar-refractivity contribution in [2.45, 2.75) is 31.9 Å². The van der Waals surface area contributed by atoms with Gasteiger partial charge in [-0.1, -0.05) is 23.7 Å². The number of aromatic amines is 1. The Kier molecular flexibility index (Phi) is 6.86. The van der Waals surface area contributed by atoms with Crippen molar-refractivity contribution in [3.05, 3.63) is 76.5 Å². The minimum atomic E-state index is -0.504. The van der Waals surface area contributed by atoms with Crippen molar-refractivity contribution >= 4 is 34.1 Å². The van der Waals surface area contributed by atoms with E-state index >= 15 is 0 Å². The molecule has 3 aromatic heterocycles. The molecule has 8 nitrogen and oxygen atoms in total. The number of aliphatic hydroxyl groups is 1. The number of aliphatic hydroxyl groups excluding tert-OH is 1. The second-order valence-corrected chi connectivity index (χ2v) is 9.07. The fourth-order valence-corrected chi connectivity index (χ4v) is 4.47. The van der Waals surface area contributed by atoms with Gasteiger partial charge in [-0.05, 0) is 37.5 Å². The third-order valence-corrected chi connectivity index (χ3v) is 6.49. The molecular formula is C26H24ClFN4O4. The molecule has 1 aliphatic heterocycles. The molecule has 4 aromatic rings. The van der Waals surface area contributed by atoms with Crippen LogP contribution in [0.1, 0.15) is 34.3 Å². The van der Waals surface area contributed by atoms with Gasteiger partial charge in [0.05, 0.1) is 47.2 Å². The van der Waals surface area contributed by atoms with E-state index in [4.69, 9.17) is 21.1 Å². The summed E-state index contributed by atoms with van der Waals surface area (Å²) in [5.41, 5.74) is 2.48. The van der Waals surface area contributed by atoms with Crippen molar-refractivity contribution in [2.75, 3.05) is 18.5 Å². The fourth-order valence-electron chi connectivity index (χ4n) is 4.27. The standard InChI is InChI=1S/C26H24ClFN4O4/c1-14-8-22(36-21-5-3-2-4-20(21)28)29-9-17(14)25(34)18-10-30-26-23(18)24(19(27)11-31-26)32-15-6-7-16(12-33)35-13-15/h2-5,8-11,15-16,33H,6-7,12-13H2,1H3,(H2,30,31,32)/t15-,16+/m1/s1. The van der Waals surface area contributed by atoms with E-state index in [2.05, 4.69) is 20.3 Å². The summed E-state index contributed by atoms with van der Waals surface area (Å²) in [6, 6.07) is 7.59. The third-order valence-electron chi connectivity index (χ3n) is 6.20. The molecule has 186 valence electrons. The van der Waals surface area contributed by atoms with Crippen LogP contribution in [-0.2, 0) is 4.74 Å². The van der Waals surface area contributed by atoms with Crippen molar-refractivity contribution in [1.29, 1.82) is 0 Å². The van der Waals surface area contributed by atoms with E-state index in [9.17, 15) is 14.3 Å². The van der Waals surface area contributed by atoms with Crippen molar-refractivity contribution in [3.8, 4) is 11.6 Å². The summed E-state index contributed by atoms with van der Waals surface area (Å²) in [6.07, 6.45) is 5.88. The van der Waals surface area contributed by atoms with Crippen molar-refractivity contribution in [2.24, 2.45) is 0 Å². The quantitative estimate of drug-likeness (QED) is 0.299. The molecule has 36 heavy (non-hydrogen) atoms. The number of fused-ring (bicyclic) bond motifs is 1. The second kappa shape index (κ2) is 10.2. The largest absolute Gasteiger partial charge is 0.436 e. The van der Waals surface area contributed by atoms with Crippen LogP contribution in [0.15, 0.2) is 48.9 Å². The van der Waals surface area contributed by atoms with Gasteiger partial charge < -0.3 is 24.9 Å². The lowest BCUT2D eigenvalue weighted by molar-refractivity contribution is -0.0223. The molecule has 3 N–H and O–H groups in total. The van der Waals surface area contributed by atoms with E-state index < -0.39 is 5.82 Å². The van der Waals surface area contributed by atoms with E-state index in [0.29, 0.717) is 51.5 Å². The molecule has 1 fully saturated rings. The highest BCUT2D eigenvalue weighted by atomic mass is 35.5. The molecule has 0 unspecified atom stereocenters. The van der Waals surface area contributed by atoms with E-state index in [1.54, 1.807) is 31.3 Å². The molecule has 0 aliphatic carbocycles. The second-order valence-electron chi connectivity index (χ2n) is 8.66. The summed E-state index contributed by atoms with van der Waals surface area (Å²) >= 11 is 6.51. The number of benzene rings is 1. The molecular weight excluding hydrogens is 487 g/mol. The Balaban J connectivity index is 1.44. The predicted octanol–water partition coefficient (Wildman–Crippen LogP) is 5.03. The first kappa shape index (κ1) is 24.2. The van der Waals surface area contributed by atoms with Gasteiger partial charge >= 0.3 is 0 Å². The van der Waals surface area contributed by atoms with Gasteiger partial charge in [0.15, 0.2) is 17.3 Å². The average molecular weight is 511 g/mol. The SMILES string of the molecule is Cc1cc(Oc2ccccc2F)ncc1C(=O)c1c[nH]c2ncc(Cl)c(N[C@@H]3CC[C@@H](CO)OC3)c12. The minimum Gasteiger partial charge on any atom is -0.436 e. The van der Waals surface area contributed by atoms with E-state index in [1.165, 1.54) is 24.5 Å². The number of hydrogen-bond donors (Lipinski definition) is 3. The lowest BCUT2D eigenvalue weighted by Gasteiger charge is -2.29. The predicted molar refractivity (Wildman–Crippen MR) is 133 cm³/mol. The van der Waals surface area contributed by atoms with E-state index in [-0.39, 0.29) is 36.2 Å². The topological polar surface area (TPSA) is 109 Å². The highest BCUT2D eigenvalue weighted by Crippen LogP contribution is 2.35. The summed E-state index contributed by atoms with van der Waals surface area (Å²) in [4.78, 5) is 25.2. The van der Waals surface area contributed by atoms with Crippen LogP contribution in [0.3, 0.4) is 0 Å². The molecule has 1 saturated heterocycles. The van der Waals surface area contributed by atoms with Crippen LogP contribution >= 0.6 is 11.6 Å². The molecule has 2 atom stereocenters. The Bertz CT molecular complexity index is 1420. The number of pyridine rings is 2. The highest BCUT2D eigenvalue weighted by Gasteiger charge is 2.25. The number of carbonyl (C=O) groups is 1. The van der Waals surface area contributed by atoms with Gasteiger partial charge in [0, 0.05) is 30.1 Å². The number of carbonyl (C=O) groups excluding carboxylic acids is 1. The van der Waals surface area contributed by atoms with E-state index in [1.807, 2.05) is 0 Å². The van der Waals surface area contributed by atoms with Crippen LogP contribution in [-0.4, -0.2) is 51.2 Å². The zero-order valence-corrected chi connectivity index (χ0v) is 20.2. The molecule has 4 heterocycles. The number of halogens is 2. The lowest BCUT2D eigenvalue weighted by Crippen LogP contribution is -2.36. The number of ketones is 1. The molecule has 10 heteroatoms. The first-order valence-electron chi connectivity index (χ1n) is 11.5. The number of aromatic nitrogens is 3. The maximum Gasteiger partial charge on any atom is 0.219 e. The molecule has 0 radical (unpaired) electrons. The fraction of sp³-hybridized carbons (Fsp3) is 0.269. The van der Waals surface area contributed by atoms with Gasteiger partial charge in [0.1, 0.15) is 5.65 Å². The van der Waals surface area contributed by atoms with Gasteiger partial charge in [-0.15, -0.1) is 0 Å². The smallest absolute Gasteiger partial charge is 0.219 e. The van der Waals surface area contributed by atoms with Gasteiger partial charge in [-0.25, -0.2) is 14.4 Å². The van der Waals surface area contributed by atoms with Crippen LogP contribution in [0.2, 0.25) is 5.02 Å². The summed E-state index contributed by atoms with van der Waals surface area (Å²) in [5.74, 6) is -0.543. The van der Waals surface area contributed by atoms with Crippen molar-refractivity contribution in [1.82, 2.24) is 15.0 Å². The molecule has 1 aromatic carbocycles. The molecule has 5 rings (SSSR count). The zero-order chi connectivity index (χ0) is 25.2. The number of ether oxygens (including phenoxy) is 2. The van der Waals surface area contributed by atoms with Crippen LogP contribution in [0.4, 0.5) is 10.1 Å². The van der Waals surface area contributed by atoms with Crippen LogP contribution in [0.5, 0.6) is 11.6 Å². The van der Waals surface area contributed by atoms with Gasteiger partial charge in [0.25, 0.3) is 0 Å². The Hall–Kier alpha value is -3.53. The molecule has 0 spiro atoms. The van der Waals surface area contributed by atoms with Crippen LogP contribution in [0, 0.1) is 12.7 Å². The number of H-pyrrole nitrogens is 1. The molecule has 0 amide bonds. The lowest BCUT2D eigenvalue weighted by atomic mass is 10.00. The Morgan fingerprint density at radius 2 is 2.11 bits per heavy atom. The zero-order valence-electron chi connectivity index (χ0n) is 19.4. The Morgan fingerprint density at radius 1 is 1.28 bits per heavy atom. The number of para-hydroxylation sites is 1. The first-order valence-corrected chi connectivity index (χ1v) is 11.9. The van der Waals surface area contributed by atoms with Crippen molar-refractivity contribution < 1.29 is 23.8 Å². The molecule has 0 saturated carbocycles. The Labute approximate surface area is 211 Å². The third kappa shape index (κ3) is 4.77. The average Bonchev–Trinajstić information content (AvgIpc) is 3.32. The summed E-state index contributed by atoms with van der Waals surface area (Å²) in [6.45, 7) is 2.16. The highest BCUT2D eigenvalue weighted by molar-refractivity contribution is 6.35. The number of anilines is 1. The normalized spacial score (nSPS) is 17.8.